The van der Waals surface area contributed by atoms with Gasteiger partial charge in [-0.05, 0) is 49.2 Å². The second-order valence-electron chi connectivity index (χ2n) is 8.63. The number of anilines is 1. The summed E-state index contributed by atoms with van der Waals surface area (Å²) in [5, 5.41) is 11.2. The Morgan fingerprint density at radius 1 is 1.05 bits per heavy atom. The van der Waals surface area contributed by atoms with E-state index in [4.69, 9.17) is 21.3 Å². The van der Waals surface area contributed by atoms with Crippen LogP contribution in [-0.2, 0) is 25.7 Å². The summed E-state index contributed by atoms with van der Waals surface area (Å²) >= 11 is 6.34. The Morgan fingerprint density at radius 2 is 1.82 bits per heavy atom. The Bertz CT molecular complexity index is 1560. The number of rotatable bonds is 8. The average molecular weight is 542 g/mol. The van der Waals surface area contributed by atoms with Crippen molar-refractivity contribution in [2.75, 3.05) is 5.32 Å². The van der Waals surface area contributed by atoms with Crippen LogP contribution in [0, 0.1) is 6.92 Å². The number of aromatic amines is 1. The summed E-state index contributed by atoms with van der Waals surface area (Å²) in [6, 6.07) is 13.3. The molecule has 0 aliphatic carbocycles. The van der Waals surface area contributed by atoms with E-state index in [0.717, 1.165) is 52.2 Å². The molecule has 3 heterocycles. The van der Waals surface area contributed by atoms with E-state index in [1.54, 1.807) is 12.1 Å². The molecule has 12 heteroatoms. The molecular weight excluding hydrogens is 519 g/mol. The standard InChI is InChI=1S/C26H23ClF3N7O/c1-3-37-21-11-17(10-20-24(27)15(2)35-36-20)6-9-19(21)34-25(37)33-12-16-4-7-18(8-5-16)38-23-14-31-22(13-32-23)26(28,29)30/h4-9,11,13-14H,3,10,12H2,1-2H3,(H,33,34)(H,35,36). The number of fused-ring (bicyclic) bond motifs is 1. The summed E-state index contributed by atoms with van der Waals surface area (Å²) in [7, 11) is 0. The van der Waals surface area contributed by atoms with Crippen molar-refractivity contribution in [3.63, 3.8) is 0 Å². The maximum Gasteiger partial charge on any atom is 0.434 e. The number of alkyl halides is 3. The maximum absolute atomic E-state index is 12.6. The van der Waals surface area contributed by atoms with Gasteiger partial charge in [0, 0.05) is 19.5 Å². The van der Waals surface area contributed by atoms with Gasteiger partial charge in [0.05, 0.1) is 39.8 Å². The van der Waals surface area contributed by atoms with E-state index in [0.29, 0.717) is 29.9 Å². The molecule has 196 valence electrons. The molecular formula is C26H23ClF3N7O. The lowest BCUT2D eigenvalue weighted by molar-refractivity contribution is -0.141. The fraction of sp³-hybridized carbons (Fsp3) is 0.231. The zero-order valence-corrected chi connectivity index (χ0v) is 21.2. The van der Waals surface area contributed by atoms with Crippen LogP contribution in [0.4, 0.5) is 19.1 Å². The summed E-state index contributed by atoms with van der Waals surface area (Å²) in [6.07, 6.45) is -2.34. The van der Waals surface area contributed by atoms with E-state index >= 15 is 0 Å². The molecule has 0 saturated carbocycles. The number of aryl methyl sites for hydroxylation is 2. The highest BCUT2D eigenvalue weighted by Gasteiger charge is 2.32. The molecule has 0 radical (unpaired) electrons. The number of hydrogen-bond donors (Lipinski definition) is 2. The van der Waals surface area contributed by atoms with Crippen LogP contribution in [0.1, 0.15) is 35.1 Å². The van der Waals surface area contributed by atoms with Gasteiger partial charge in [-0.1, -0.05) is 29.8 Å². The van der Waals surface area contributed by atoms with Crippen LogP contribution in [0.15, 0.2) is 54.9 Å². The van der Waals surface area contributed by atoms with Crippen LogP contribution in [-0.4, -0.2) is 29.7 Å². The SMILES string of the molecule is CCn1c(NCc2ccc(Oc3cnc(C(F)(F)F)cn3)cc2)nc2ccc(Cc3n[nH]c(C)c3Cl)cc21. The van der Waals surface area contributed by atoms with Crippen molar-refractivity contribution < 1.29 is 17.9 Å². The monoisotopic (exact) mass is 541 g/mol. The highest BCUT2D eigenvalue weighted by molar-refractivity contribution is 6.31. The van der Waals surface area contributed by atoms with Gasteiger partial charge in [0.15, 0.2) is 5.69 Å². The minimum atomic E-state index is -4.55. The topological polar surface area (TPSA) is 93.5 Å². The third-order valence-electron chi connectivity index (χ3n) is 5.96. The number of halogens is 4. The zero-order chi connectivity index (χ0) is 26.9. The van der Waals surface area contributed by atoms with Crippen LogP contribution in [0.3, 0.4) is 0 Å². The summed E-state index contributed by atoms with van der Waals surface area (Å²) < 4.78 is 45.5. The highest BCUT2D eigenvalue weighted by atomic mass is 35.5. The van der Waals surface area contributed by atoms with Crippen molar-refractivity contribution in [1.82, 2.24) is 29.7 Å². The van der Waals surface area contributed by atoms with Gasteiger partial charge in [0.25, 0.3) is 0 Å². The van der Waals surface area contributed by atoms with Crippen molar-refractivity contribution in [3.05, 3.63) is 88.1 Å². The van der Waals surface area contributed by atoms with E-state index in [9.17, 15) is 13.2 Å². The van der Waals surface area contributed by atoms with Crippen LogP contribution in [0.5, 0.6) is 11.6 Å². The van der Waals surface area contributed by atoms with E-state index < -0.39 is 11.9 Å². The molecule has 38 heavy (non-hydrogen) atoms. The Balaban J connectivity index is 1.25. The van der Waals surface area contributed by atoms with Gasteiger partial charge in [-0.2, -0.15) is 18.3 Å². The molecule has 0 saturated heterocycles. The smallest absolute Gasteiger partial charge is 0.434 e. The van der Waals surface area contributed by atoms with Gasteiger partial charge in [-0.15, -0.1) is 0 Å². The van der Waals surface area contributed by atoms with Gasteiger partial charge in [0.2, 0.25) is 11.8 Å². The van der Waals surface area contributed by atoms with Crippen molar-refractivity contribution in [2.45, 2.75) is 39.5 Å². The molecule has 5 rings (SSSR count). The summed E-state index contributed by atoms with van der Waals surface area (Å²) in [6.45, 7) is 5.19. The molecule has 0 unspecified atom stereocenters. The molecule has 0 amide bonds. The molecule has 2 N–H and O–H groups in total. The molecule has 2 aromatic carbocycles. The van der Waals surface area contributed by atoms with Gasteiger partial charge >= 0.3 is 6.18 Å². The van der Waals surface area contributed by atoms with E-state index in [1.165, 1.54) is 0 Å². The van der Waals surface area contributed by atoms with Gasteiger partial charge in [0.1, 0.15) is 5.75 Å². The first-order valence-corrected chi connectivity index (χ1v) is 12.2. The van der Waals surface area contributed by atoms with Crippen LogP contribution >= 0.6 is 11.6 Å². The highest BCUT2D eigenvalue weighted by Crippen LogP contribution is 2.28. The third-order valence-corrected chi connectivity index (χ3v) is 6.46. The Labute approximate surface area is 220 Å². The Hall–Kier alpha value is -4.12. The quantitative estimate of drug-likeness (QED) is 0.231. The lowest BCUT2D eigenvalue weighted by atomic mass is 10.1. The van der Waals surface area contributed by atoms with Gasteiger partial charge < -0.3 is 14.6 Å². The van der Waals surface area contributed by atoms with E-state index in [2.05, 4.69) is 43.0 Å². The molecule has 0 bridgehead atoms. The minimum absolute atomic E-state index is 0.0235. The first-order valence-electron chi connectivity index (χ1n) is 11.8. The number of benzene rings is 2. The van der Waals surface area contributed by atoms with Crippen LogP contribution < -0.4 is 10.1 Å². The van der Waals surface area contributed by atoms with Gasteiger partial charge in [-0.25, -0.2) is 15.0 Å². The first-order chi connectivity index (χ1) is 18.2. The molecule has 0 spiro atoms. The lowest BCUT2D eigenvalue weighted by Crippen LogP contribution is -2.08. The van der Waals surface area contributed by atoms with E-state index in [-0.39, 0.29) is 5.88 Å². The number of aromatic nitrogens is 6. The minimum Gasteiger partial charge on any atom is -0.438 e. The number of ether oxygens (including phenoxy) is 1. The molecule has 5 aromatic rings. The fourth-order valence-corrected chi connectivity index (χ4v) is 4.15. The molecule has 0 atom stereocenters. The normalized spacial score (nSPS) is 11.7. The third kappa shape index (κ3) is 5.42. The summed E-state index contributed by atoms with van der Waals surface area (Å²) in [5.41, 5.74) is 4.52. The van der Waals surface area contributed by atoms with Crippen molar-refractivity contribution in [3.8, 4) is 11.6 Å². The van der Waals surface area contributed by atoms with E-state index in [1.807, 2.05) is 31.2 Å². The fourth-order valence-electron chi connectivity index (χ4n) is 4.00. The van der Waals surface area contributed by atoms with Crippen LogP contribution in [0.25, 0.3) is 11.0 Å². The first kappa shape index (κ1) is 25.5. The second kappa shape index (κ2) is 10.3. The number of hydrogen-bond acceptors (Lipinski definition) is 6. The van der Waals surface area contributed by atoms with Crippen molar-refractivity contribution in [2.24, 2.45) is 0 Å². The second-order valence-corrected chi connectivity index (χ2v) is 9.00. The molecule has 0 fully saturated rings. The van der Waals surface area contributed by atoms with Crippen molar-refractivity contribution >= 4 is 28.6 Å². The summed E-state index contributed by atoms with van der Waals surface area (Å²) in [4.78, 5) is 11.8. The van der Waals surface area contributed by atoms with Crippen molar-refractivity contribution in [1.29, 1.82) is 0 Å². The van der Waals surface area contributed by atoms with Gasteiger partial charge in [-0.3, -0.25) is 5.10 Å². The average Bonchev–Trinajstić information content (AvgIpc) is 3.42. The molecule has 0 aliphatic heterocycles. The largest absolute Gasteiger partial charge is 0.438 e. The number of nitrogens with one attached hydrogen (secondary N) is 2. The molecule has 3 aromatic heterocycles. The van der Waals surface area contributed by atoms with Crippen LogP contribution in [0.2, 0.25) is 5.02 Å². The maximum atomic E-state index is 12.6. The zero-order valence-electron chi connectivity index (χ0n) is 20.5. The molecule has 8 nitrogen and oxygen atoms in total. The number of nitrogens with zero attached hydrogens (tertiary/aromatic N) is 5. The predicted octanol–water partition coefficient (Wildman–Crippen LogP) is 6.55. The summed E-state index contributed by atoms with van der Waals surface area (Å²) in [5.74, 6) is 1.15. The lowest BCUT2D eigenvalue weighted by Gasteiger charge is -2.10. The molecule has 0 aliphatic rings. The predicted molar refractivity (Wildman–Crippen MR) is 137 cm³/mol. The number of imidazole rings is 1. The Morgan fingerprint density at radius 3 is 2.45 bits per heavy atom. The Kier molecular flexibility index (Phi) is 6.94. The number of H-pyrrole nitrogens is 1.